The van der Waals surface area contributed by atoms with Crippen molar-refractivity contribution in [3.63, 3.8) is 0 Å². The van der Waals surface area contributed by atoms with Crippen LogP contribution in [0.25, 0.3) is 0 Å². The number of aliphatic imine (C=N–C) groups is 1. The minimum Gasteiger partial charge on any atom is -0.444 e. The Morgan fingerprint density at radius 2 is 1.91 bits per heavy atom. The summed E-state index contributed by atoms with van der Waals surface area (Å²) in [4.78, 5) is 32.0. The fourth-order valence-corrected chi connectivity index (χ4v) is 4.74. The molecule has 3 atom stereocenters. The van der Waals surface area contributed by atoms with E-state index in [2.05, 4.69) is 14.9 Å². The maximum absolute atomic E-state index is 14.3. The molecule has 178 valence electrons. The van der Waals surface area contributed by atoms with Gasteiger partial charge >= 0.3 is 6.09 Å². The number of hydrogen-bond donors (Lipinski definition) is 1. The molecule has 3 unspecified atom stereocenters. The van der Waals surface area contributed by atoms with Crippen molar-refractivity contribution in [2.24, 2.45) is 4.99 Å². The van der Waals surface area contributed by atoms with Gasteiger partial charge in [-0.1, -0.05) is 4.99 Å². The first kappa shape index (κ1) is 23.3. The number of hydrogen-bond acceptors (Lipinski definition) is 4. The second kappa shape index (κ2) is 8.46. The van der Waals surface area contributed by atoms with Gasteiger partial charge in [0, 0.05) is 25.5 Å². The van der Waals surface area contributed by atoms with Gasteiger partial charge < -0.3 is 15.0 Å². The van der Waals surface area contributed by atoms with Gasteiger partial charge in [0.25, 0.3) is 5.84 Å². The fraction of sp³-hybridized carbons (Fsp3) is 0.565. The molecule has 1 aromatic rings. The lowest BCUT2D eigenvalue weighted by Gasteiger charge is -2.37. The highest BCUT2D eigenvalue weighted by Crippen LogP contribution is 2.33. The highest BCUT2D eigenvalue weighted by atomic mass is 19.2. The van der Waals surface area contributed by atoms with Gasteiger partial charge in [-0.2, -0.15) is 0 Å². The zero-order chi connectivity index (χ0) is 24.1. The lowest BCUT2D eigenvalue weighted by Crippen LogP contribution is -2.59. The zero-order valence-electron chi connectivity index (χ0n) is 19.1. The van der Waals surface area contributed by atoms with Gasteiger partial charge in [0.2, 0.25) is 11.7 Å². The predicted molar refractivity (Wildman–Crippen MR) is 115 cm³/mol. The molecule has 1 aromatic carbocycles. The number of nitrogens with one attached hydrogen (secondary N) is 1. The number of nitrogens with zero attached hydrogens (tertiary/aromatic N) is 3. The third-order valence-electron chi connectivity index (χ3n) is 6.12. The van der Waals surface area contributed by atoms with Gasteiger partial charge in [0.05, 0.1) is 12.6 Å². The quantitative estimate of drug-likeness (QED) is 0.536. The van der Waals surface area contributed by atoms with E-state index in [9.17, 15) is 22.8 Å². The van der Waals surface area contributed by atoms with Crippen molar-refractivity contribution in [3.8, 4) is 0 Å². The second-order valence-electron chi connectivity index (χ2n) is 9.78. The van der Waals surface area contributed by atoms with Gasteiger partial charge in [-0.15, -0.1) is 0 Å². The van der Waals surface area contributed by atoms with Crippen molar-refractivity contribution in [1.29, 1.82) is 0 Å². The molecule has 1 saturated heterocycles. The van der Waals surface area contributed by atoms with E-state index in [1.807, 2.05) is 6.92 Å². The Bertz CT molecular complexity index is 1060. The van der Waals surface area contributed by atoms with Gasteiger partial charge in [0.1, 0.15) is 17.5 Å². The largest absolute Gasteiger partial charge is 0.444 e. The van der Waals surface area contributed by atoms with E-state index in [0.29, 0.717) is 12.6 Å². The van der Waals surface area contributed by atoms with Crippen LogP contribution in [0.1, 0.15) is 52.5 Å². The van der Waals surface area contributed by atoms with Crippen molar-refractivity contribution in [3.05, 3.63) is 35.1 Å². The van der Waals surface area contributed by atoms with E-state index in [1.54, 1.807) is 25.7 Å². The van der Waals surface area contributed by atoms with E-state index in [-0.39, 0.29) is 36.4 Å². The number of alkyl carbamates (subject to hydrolysis) is 1. The van der Waals surface area contributed by atoms with Crippen LogP contribution in [0.4, 0.5) is 18.0 Å². The maximum atomic E-state index is 14.3. The first-order valence-corrected chi connectivity index (χ1v) is 11.1. The second-order valence-corrected chi connectivity index (χ2v) is 9.78. The lowest BCUT2D eigenvalue weighted by molar-refractivity contribution is -0.438. The number of ether oxygens (including phenoxy) is 1. The monoisotopic (exact) mass is 465 g/mol. The number of amides is 2. The van der Waals surface area contributed by atoms with Crippen molar-refractivity contribution in [2.45, 2.75) is 77.1 Å². The number of benzene rings is 1. The summed E-state index contributed by atoms with van der Waals surface area (Å²) < 4.78 is 48.8. The molecule has 0 aromatic heterocycles. The molecule has 7 nitrogen and oxygen atoms in total. The molecule has 3 heterocycles. The van der Waals surface area contributed by atoms with Crippen LogP contribution in [0.3, 0.4) is 0 Å². The predicted octanol–water partition coefficient (Wildman–Crippen LogP) is 3.15. The zero-order valence-corrected chi connectivity index (χ0v) is 19.1. The summed E-state index contributed by atoms with van der Waals surface area (Å²) in [6.07, 6.45) is 0.546. The molecule has 3 aliphatic heterocycles. The summed E-state index contributed by atoms with van der Waals surface area (Å²) in [5, 5.41) is 2.61. The molecule has 0 radical (unpaired) electrons. The molecule has 3 aliphatic rings. The number of fused-ring (bicyclic) bond motifs is 3. The normalized spacial score (nSPS) is 22.4. The summed E-state index contributed by atoms with van der Waals surface area (Å²) in [7, 11) is 0. The van der Waals surface area contributed by atoms with Crippen molar-refractivity contribution < 1.29 is 32.1 Å². The summed E-state index contributed by atoms with van der Waals surface area (Å²) in [5.41, 5.74) is -0.915. The Morgan fingerprint density at radius 1 is 1.21 bits per heavy atom. The Labute approximate surface area is 190 Å². The molecule has 2 bridgehead atoms. The minimum atomic E-state index is -1.30. The Balaban J connectivity index is 1.52. The van der Waals surface area contributed by atoms with Crippen LogP contribution in [-0.4, -0.2) is 63.4 Å². The van der Waals surface area contributed by atoms with Gasteiger partial charge in [0.15, 0.2) is 11.6 Å². The minimum absolute atomic E-state index is 0.0267. The first-order chi connectivity index (χ1) is 15.4. The Morgan fingerprint density at radius 3 is 2.58 bits per heavy atom. The molecule has 2 amide bonds. The molecule has 33 heavy (non-hydrogen) atoms. The number of halogens is 3. The topological polar surface area (TPSA) is 74.0 Å². The summed E-state index contributed by atoms with van der Waals surface area (Å²) in [5.74, 6) is -1.84. The van der Waals surface area contributed by atoms with E-state index in [0.717, 1.165) is 30.6 Å². The fourth-order valence-electron chi connectivity index (χ4n) is 4.74. The van der Waals surface area contributed by atoms with E-state index < -0.39 is 35.2 Å². The van der Waals surface area contributed by atoms with Crippen LogP contribution in [0.5, 0.6) is 0 Å². The van der Waals surface area contributed by atoms with Crippen LogP contribution in [0.2, 0.25) is 0 Å². The lowest BCUT2D eigenvalue weighted by atomic mass is 10.0. The molecule has 0 aliphatic carbocycles. The molecular formula is C23H28F3N4O3+. The molecule has 1 fully saturated rings. The molecular weight excluding hydrogens is 437 g/mol. The number of amidine groups is 2. The number of carbonyl (C=O) groups is 2. The number of rotatable bonds is 5. The summed E-state index contributed by atoms with van der Waals surface area (Å²) in [6.45, 7) is 7.68. The molecule has 4 rings (SSSR count). The van der Waals surface area contributed by atoms with Crippen molar-refractivity contribution >= 4 is 23.7 Å². The average molecular weight is 465 g/mol. The highest BCUT2D eigenvalue weighted by Gasteiger charge is 2.51. The molecule has 0 saturated carbocycles. The maximum Gasteiger partial charge on any atom is 0.407 e. The van der Waals surface area contributed by atoms with Gasteiger partial charge in [-0.05, 0) is 51.7 Å². The Hall–Kier alpha value is -2.91. The summed E-state index contributed by atoms with van der Waals surface area (Å²) in [6, 6.07) is 0.245. The molecule has 1 N–H and O–H groups in total. The van der Waals surface area contributed by atoms with Crippen molar-refractivity contribution in [1.82, 2.24) is 10.2 Å². The van der Waals surface area contributed by atoms with Crippen LogP contribution in [-0.2, 0) is 16.0 Å². The van der Waals surface area contributed by atoms with E-state index in [1.165, 1.54) is 0 Å². The van der Waals surface area contributed by atoms with Crippen LogP contribution < -0.4 is 5.32 Å². The van der Waals surface area contributed by atoms with Gasteiger partial charge in [-0.3, -0.25) is 4.79 Å². The standard InChI is InChI=1S/C23H27F3N4O3/c1-12-27-21-19-6-5-15(11-29(12)21)30(19)20(31)9-14(28-22(32)33-23(2,3)4)7-13-8-17(25)18(26)10-16(13)24/h8,10,14-15,19H,5-7,9,11H2,1-4H3/p+1. The Kier molecular flexibility index (Phi) is 5.96. The number of carbonyl (C=O) groups excluding carboxylic acids is 2. The summed E-state index contributed by atoms with van der Waals surface area (Å²) >= 11 is 0. The highest BCUT2D eigenvalue weighted by molar-refractivity contribution is 6.04. The average Bonchev–Trinajstić information content (AvgIpc) is 3.03. The third-order valence-corrected chi connectivity index (χ3v) is 6.12. The molecule has 0 spiro atoms. The first-order valence-electron chi connectivity index (χ1n) is 11.1. The van der Waals surface area contributed by atoms with E-state index >= 15 is 0 Å². The van der Waals surface area contributed by atoms with Crippen LogP contribution >= 0.6 is 0 Å². The van der Waals surface area contributed by atoms with E-state index in [4.69, 9.17) is 4.74 Å². The van der Waals surface area contributed by atoms with Gasteiger partial charge in [-0.25, -0.2) is 22.5 Å². The SMILES string of the molecule is CC1=NC2=[N+]1CC1CCC2N1C(=O)CC(Cc1cc(F)c(F)cc1F)NC(=O)OC(C)(C)C. The smallest absolute Gasteiger partial charge is 0.407 e. The molecule has 10 heteroatoms. The van der Waals surface area contributed by atoms with Crippen molar-refractivity contribution in [2.75, 3.05) is 6.54 Å². The van der Waals surface area contributed by atoms with Crippen LogP contribution in [0, 0.1) is 17.5 Å². The third kappa shape index (κ3) is 4.74. The van der Waals surface area contributed by atoms with Crippen LogP contribution in [0.15, 0.2) is 17.1 Å².